The van der Waals surface area contributed by atoms with E-state index < -0.39 is 0 Å². The first-order valence-corrected chi connectivity index (χ1v) is 7.60. The zero-order valence-corrected chi connectivity index (χ0v) is 12.6. The van der Waals surface area contributed by atoms with Crippen LogP contribution in [0.1, 0.15) is 20.3 Å². The predicted molar refractivity (Wildman–Crippen MR) is 78.9 cm³/mol. The standard InChI is InChI=1S/C12H20N6OS/c1-7-3-8(2)5-18(4-7)9(19)6-20-12-16-10(13)15-11(14)17-12/h7-8H,3-6H2,1-2H3,(H4,13,14,15,16,17)/t7-,8-/m1/s1. The molecule has 1 aliphatic heterocycles. The van der Waals surface area contributed by atoms with Gasteiger partial charge in [0, 0.05) is 13.1 Å². The largest absolute Gasteiger partial charge is 0.368 e. The molecule has 1 fully saturated rings. The molecule has 0 saturated carbocycles. The first-order valence-electron chi connectivity index (χ1n) is 6.61. The highest BCUT2D eigenvalue weighted by Gasteiger charge is 2.25. The number of nitrogens with two attached hydrogens (primary N) is 2. The lowest BCUT2D eigenvalue weighted by Crippen LogP contribution is -2.43. The second kappa shape index (κ2) is 6.25. The number of likely N-dealkylation sites (tertiary alicyclic amines) is 1. The molecule has 0 radical (unpaired) electrons. The van der Waals surface area contributed by atoms with Crippen LogP contribution in [-0.4, -0.2) is 44.6 Å². The minimum absolute atomic E-state index is 0.0765. The van der Waals surface area contributed by atoms with Crippen molar-refractivity contribution in [2.45, 2.75) is 25.4 Å². The van der Waals surface area contributed by atoms with Gasteiger partial charge in [0.25, 0.3) is 0 Å². The summed E-state index contributed by atoms with van der Waals surface area (Å²) in [6.07, 6.45) is 1.18. The Morgan fingerprint density at radius 1 is 1.20 bits per heavy atom. The third kappa shape index (κ3) is 3.96. The summed E-state index contributed by atoms with van der Waals surface area (Å²) in [5.74, 6) is 1.65. The zero-order valence-electron chi connectivity index (χ0n) is 11.7. The summed E-state index contributed by atoms with van der Waals surface area (Å²) >= 11 is 1.24. The highest BCUT2D eigenvalue weighted by atomic mass is 32.2. The number of hydrogen-bond donors (Lipinski definition) is 2. The molecule has 20 heavy (non-hydrogen) atoms. The van der Waals surface area contributed by atoms with E-state index in [1.54, 1.807) is 0 Å². The zero-order chi connectivity index (χ0) is 14.7. The van der Waals surface area contributed by atoms with Gasteiger partial charge < -0.3 is 16.4 Å². The Hall–Kier alpha value is -1.57. The highest BCUT2D eigenvalue weighted by molar-refractivity contribution is 7.99. The third-order valence-corrected chi connectivity index (χ3v) is 4.03. The van der Waals surface area contributed by atoms with Gasteiger partial charge in [0.1, 0.15) is 0 Å². The molecule has 0 unspecified atom stereocenters. The first kappa shape index (κ1) is 14.8. The van der Waals surface area contributed by atoms with E-state index in [0.717, 1.165) is 13.1 Å². The van der Waals surface area contributed by atoms with Gasteiger partial charge in [-0.05, 0) is 18.3 Å². The van der Waals surface area contributed by atoms with Crippen molar-refractivity contribution in [2.24, 2.45) is 11.8 Å². The van der Waals surface area contributed by atoms with Crippen LogP contribution in [0.25, 0.3) is 0 Å². The molecule has 2 rings (SSSR count). The number of piperidine rings is 1. The van der Waals surface area contributed by atoms with E-state index >= 15 is 0 Å². The summed E-state index contributed by atoms with van der Waals surface area (Å²) in [7, 11) is 0. The smallest absolute Gasteiger partial charge is 0.233 e. The van der Waals surface area contributed by atoms with E-state index in [4.69, 9.17) is 11.5 Å². The molecule has 0 bridgehead atoms. The molecule has 2 atom stereocenters. The summed E-state index contributed by atoms with van der Waals surface area (Å²) in [5, 5.41) is 0.390. The van der Waals surface area contributed by atoms with Gasteiger partial charge in [-0.3, -0.25) is 4.79 Å². The van der Waals surface area contributed by atoms with Crippen molar-refractivity contribution < 1.29 is 4.79 Å². The van der Waals surface area contributed by atoms with E-state index in [-0.39, 0.29) is 17.8 Å². The molecule has 0 spiro atoms. The van der Waals surface area contributed by atoms with Crippen molar-refractivity contribution in [3.8, 4) is 0 Å². The van der Waals surface area contributed by atoms with Crippen LogP contribution >= 0.6 is 11.8 Å². The number of thioether (sulfide) groups is 1. The lowest BCUT2D eigenvalue weighted by Gasteiger charge is -2.34. The van der Waals surface area contributed by atoms with Crippen LogP contribution in [0.5, 0.6) is 0 Å². The fraction of sp³-hybridized carbons (Fsp3) is 0.667. The number of nitrogen functional groups attached to an aromatic ring is 2. The Bertz CT molecular complexity index is 467. The topological polar surface area (TPSA) is 111 Å². The molecule has 110 valence electrons. The molecule has 0 aliphatic carbocycles. The van der Waals surface area contributed by atoms with Gasteiger partial charge in [0.2, 0.25) is 17.8 Å². The van der Waals surface area contributed by atoms with Crippen LogP contribution in [0.4, 0.5) is 11.9 Å². The molecule has 1 aromatic heterocycles. The summed E-state index contributed by atoms with van der Waals surface area (Å²) in [4.78, 5) is 25.7. The van der Waals surface area contributed by atoms with Crippen LogP contribution < -0.4 is 11.5 Å². The Labute approximate surface area is 122 Å². The van der Waals surface area contributed by atoms with Crippen molar-refractivity contribution in [3.63, 3.8) is 0 Å². The fourth-order valence-electron chi connectivity index (χ4n) is 2.54. The summed E-state index contributed by atoms with van der Waals surface area (Å²) in [6.45, 7) is 6.00. The number of aromatic nitrogens is 3. The number of anilines is 2. The molecule has 1 amide bonds. The second-order valence-electron chi connectivity index (χ2n) is 5.37. The maximum atomic E-state index is 12.2. The average molecular weight is 296 g/mol. The van der Waals surface area contributed by atoms with Gasteiger partial charge in [-0.2, -0.15) is 15.0 Å². The van der Waals surface area contributed by atoms with Crippen molar-refractivity contribution in [3.05, 3.63) is 0 Å². The molecular weight excluding hydrogens is 276 g/mol. The van der Waals surface area contributed by atoms with Gasteiger partial charge in [-0.15, -0.1) is 0 Å². The minimum atomic E-state index is 0.0765. The van der Waals surface area contributed by atoms with Gasteiger partial charge in [0.05, 0.1) is 5.75 Å². The summed E-state index contributed by atoms with van der Waals surface area (Å²) in [5.41, 5.74) is 11.0. The van der Waals surface area contributed by atoms with E-state index in [1.807, 2.05) is 4.90 Å². The lowest BCUT2D eigenvalue weighted by atomic mass is 9.92. The molecule has 8 heteroatoms. The number of carbonyl (C=O) groups excluding carboxylic acids is 1. The predicted octanol–water partition coefficient (Wildman–Crippen LogP) is 0.633. The molecule has 4 N–H and O–H groups in total. The maximum Gasteiger partial charge on any atom is 0.233 e. The van der Waals surface area contributed by atoms with Crippen molar-refractivity contribution >= 4 is 29.6 Å². The Morgan fingerprint density at radius 2 is 1.75 bits per heavy atom. The molecule has 1 aromatic rings. The number of hydrogen-bond acceptors (Lipinski definition) is 7. The van der Waals surface area contributed by atoms with E-state index in [9.17, 15) is 4.79 Å². The second-order valence-corrected chi connectivity index (χ2v) is 6.31. The van der Waals surface area contributed by atoms with Crippen molar-refractivity contribution in [1.29, 1.82) is 0 Å². The molecule has 1 aliphatic rings. The Kier molecular flexibility index (Phi) is 4.64. The van der Waals surface area contributed by atoms with Gasteiger partial charge >= 0.3 is 0 Å². The number of amides is 1. The van der Waals surface area contributed by atoms with E-state index in [0.29, 0.717) is 22.7 Å². The summed E-state index contributed by atoms with van der Waals surface area (Å²) in [6, 6.07) is 0. The van der Waals surface area contributed by atoms with Crippen molar-refractivity contribution in [1.82, 2.24) is 19.9 Å². The van der Waals surface area contributed by atoms with Crippen LogP contribution in [-0.2, 0) is 4.79 Å². The van der Waals surface area contributed by atoms with Crippen LogP contribution in [0, 0.1) is 11.8 Å². The average Bonchev–Trinajstić information content (AvgIpc) is 2.33. The van der Waals surface area contributed by atoms with Gasteiger partial charge in [-0.25, -0.2) is 0 Å². The minimum Gasteiger partial charge on any atom is -0.368 e. The van der Waals surface area contributed by atoms with Crippen molar-refractivity contribution in [2.75, 3.05) is 30.3 Å². The quantitative estimate of drug-likeness (QED) is 0.787. The van der Waals surface area contributed by atoms with Gasteiger partial charge in [0.15, 0.2) is 5.16 Å². The maximum absolute atomic E-state index is 12.2. The monoisotopic (exact) mass is 296 g/mol. The number of rotatable bonds is 3. The fourth-order valence-corrected chi connectivity index (χ4v) is 3.29. The van der Waals surface area contributed by atoms with E-state index in [2.05, 4.69) is 28.8 Å². The molecule has 2 heterocycles. The van der Waals surface area contributed by atoms with Gasteiger partial charge in [-0.1, -0.05) is 25.6 Å². The number of carbonyl (C=O) groups is 1. The van der Waals surface area contributed by atoms with Crippen LogP contribution in [0.2, 0.25) is 0 Å². The molecule has 1 saturated heterocycles. The molecule has 0 aromatic carbocycles. The number of nitrogens with zero attached hydrogens (tertiary/aromatic N) is 4. The third-order valence-electron chi connectivity index (χ3n) is 3.20. The Morgan fingerprint density at radius 3 is 2.30 bits per heavy atom. The normalized spacial score (nSPS) is 22.8. The Balaban J connectivity index is 1.91. The van der Waals surface area contributed by atoms with E-state index in [1.165, 1.54) is 18.2 Å². The lowest BCUT2D eigenvalue weighted by molar-refractivity contribution is -0.130. The van der Waals surface area contributed by atoms with Crippen LogP contribution in [0.15, 0.2) is 5.16 Å². The highest BCUT2D eigenvalue weighted by Crippen LogP contribution is 2.22. The summed E-state index contributed by atoms with van der Waals surface area (Å²) < 4.78 is 0. The van der Waals surface area contributed by atoms with Crippen LogP contribution in [0.3, 0.4) is 0 Å². The molecular formula is C12H20N6OS. The SMILES string of the molecule is C[C@@H]1C[C@@H](C)CN(C(=O)CSc2nc(N)nc(N)n2)C1. The first-order chi connectivity index (χ1) is 9.44. The molecule has 7 nitrogen and oxygen atoms in total.